The smallest absolute Gasteiger partial charge is 0.404 e. The van der Waals surface area contributed by atoms with Gasteiger partial charge in [0.15, 0.2) is 0 Å². The molecule has 2 N–H and O–H groups in total. The lowest BCUT2D eigenvalue weighted by Crippen LogP contribution is -2.39. The van der Waals surface area contributed by atoms with Crippen molar-refractivity contribution in [1.29, 1.82) is 0 Å². The van der Waals surface area contributed by atoms with Gasteiger partial charge in [-0.05, 0) is 43.0 Å². The molecule has 1 heterocycles. The van der Waals surface area contributed by atoms with Gasteiger partial charge in [-0.3, -0.25) is 4.79 Å². The van der Waals surface area contributed by atoms with E-state index in [1.165, 1.54) is 0 Å². The Kier molecular flexibility index (Phi) is 4.69. The Morgan fingerprint density at radius 2 is 2.25 bits per heavy atom. The summed E-state index contributed by atoms with van der Waals surface area (Å²) in [6.07, 6.45) is 2.07. The topological polar surface area (TPSA) is 78.9 Å². The molecule has 7 heteroatoms. The van der Waals surface area contributed by atoms with Crippen molar-refractivity contribution < 1.29 is 23.8 Å². The lowest BCUT2D eigenvalue weighted by atomic mass is 9.98. The number of fused-ring (bicyclic) bond motifs is 1. The van der Waals surface area contributed by atoms with Crippen LogP contribution in [0.5, 0.6) is 5.75 Å². The number of ether oxygens (including phenoxy) is 1. The summed E-state index contributed by atoms with van der Waals surface area (Å²) >= 11 is 0. The van der Waals surface area contributed by atoms with E-state index in [4.69, 9.17) is 9.84 Å². The number of hydrogen-bond donors (Lipinski definition) is 2. The predicted octanol–water partition coefficient (Wildman–Crippen LogP) is 2.35. The molecule has 0 radical (unpaired) electrons. The van der Waals surface area contributed by atoms with Crippen LogP contribution in [0.4, 0.5) is 9.18 Å². The van der Waals surface area contributed by atoms with E-state index in [9.17, 15) is 14.0 Å². The highest BCUT2D eigenvalue weighted by molar-refractivity contribution is 5.97. The molecule has 128 valence electrons. The lowest BCUT2D eigenvalue weighted by molar-refractivity contribution is 0.0727. The maximum Gasteiger partial charge on any atom is 0.404 e. The lowest BCUT2D eigenvalue weighted by Gasteiger charge is -2.28. The van der Waals surface area contributed by atoms with E-state index >= 15 is 0 Å². The summed E-state index contributed by atoms with van der Waals surface area (Å²) in [6.45, 7) is 0.529. The predicted molar refractivity (Wildman–Crippen MR) is 84.9 cm³/mol. The van der Waals surface area contributed by atoms with Gasteiger partial charge in [0, 0.05) is 30.3 Å². The number of carbonyl (C=O) groups excluding carboxylic acids is 1. The summed E-state index contributed by atoms with van der Waals surface area (Å²) in [5, 5.41) is 10.6. The molecule has 2 amide bonds. The van der Waals surface area contributed by atoms with Gasteiger partial charge in [-0.15, -0.1) is 0 Å². The van der Waals surface area contributed by atoms with Gasteiger partial charge in [0.2, 0.25) is 0 Å². The summed E-state index contributed by atoms with van der Waals surface area (Å²) in [5.41, 5.74) is 1.82. The maximum absolute atomic E-state index is 12.7. The van der Waals surface area contributed by atoms with Gasteiger partial charge >= 0.3 is 6.09 Å². The van der Waals surface area contributed by atoms with Gasteiger partial charge in [-0.2, -0.15) is 0 Å². The van der Waals surface area contributed by atoms with Gasteiger partial charge in [0.25, 0.3) is 5.91 Å². The SMILES string of the molecule is O=C(O)NCC(=CF)COc1ccc2c(c1)CCN(C1CC1)C2=O. The fraction of sp³-hybridized carbons (Fsp3) is 0.412. The standard InChI is InChI=1S/C17H19FN2O4/c18-8-11(9-19-17(22)23)10-24-14-3-4-15-12(7-14)5-6-20(16(15)21)13-1-2-13/h3-4,7-8,13,19H,1-2,5-6,9-10H2,(H,22,23). The summed E-state index contributed by atoms with van der Waals surface area (Å²) < 4.78 is 18.2. The largest absolute Gasteiger partial charge is 0.489 e. The fourth-order valence-corrected chi connectivity index (χ4v) is 2.79. The second-order valence-corrected chi connectivity index (χ2v) is 6.01. The maximum atomic E-state index is 12.7. The van der Waals surface area contributed by atoms with Gasteiger partial charge < -0.3 is 20.1 Å². The molecule has 6 nitrogen and oxygen atoms in total. The molecule has 1 aliphatic heterocycles. The van der Waals surface area contributed by atoms with E-state index in [1.54, 1.807) is 18.2 Å². The van der Waals surface area contributed by atoms with Crippen molar-refractivity contribution >= 4 is 12.0 Å². The zero-order valence-corrected chi connectivity index (χ0v) is 13.1. The number of carboxylic acid groups (broad SMARTS) is 1. The summed E-state index contributed by atoms with van der Waals surface area (Å²) in [6, 6.07) is 5.64. The Labute approximate surface area is 138 Å². The van der Waals surface area contributed by atoms with Crippen LogP contribution in [0.1, 0.15) is 28.8 Å². The summed E-state index contributed by atoms with van der Waals surface area (Å²) in [7, 11) is 0. The first-order valence-corrected chi connectivity index (χ1v) is 7.90. The highest BCUT2D eigenvalue weighted by Gasteiger charge is 2.35. The average molecular weight is 334 g/mol. The number of carbonyl (C=O) groups is 2. The number of halogens is 1. The van der Waals surface area contributed by atoms with Crippen molar-refractivity contribution in [2.24, 2.45) is 0 Å². The molecule has 24 heavy (non-hydrogen) atoms. The molecule has 0 unspecified atom stereocenters. The fourth-order valence-electron chi connectivity index (χ4n) is 2.79. The van der Waals surface area contributed by atoms with Crippen LogP contribution in [0.3, 0.4) is 0 Å². The Morgan fingerprint density at radius 1 is 1.46 bits per heavy atom. The first kappa shape index (κ1) is 16.3. The molecular weight excluding hydrogens is 315 g/mol. The molecule has 3 rings (SSSR count). The van der Waals surface area contributed by atoms with Crippen molar-refractivity contribution in [2.45, 2.75) is 25.3 Å². The Bertz CT molecular complexity index is 685. The molecule has 2 aliphatic rings. The second-order valence-electron chi connectivity index (χ2n) is 6.01. The summed E-state index contributed by atoms with van der Waals surface area (Å²) in [4.78, 5) is 24.8. The monoisotopic (exact) mass is 334 g/mol. The summed E-state index contributed by atoms with van der Waals surface area (Å²) in [5.74, 6) is 0.608. The highest BCUT2D eigenvalue weighted by atomic mass is 19.1. The van der Waals surface area contributed by atoms with Gasteiger partial charge in [-0.25, -0.2) is 9.18 Å². The van der Waals surface area contributed by atoms with Crippen LogP contribution in [0.25, 0.3) is 0 Å². The van der Waals surface area contributed by atoms with Crippen molar-refractivity contribution in [3.8, 4) is 5.75 Å². The quantitative estimate of drug-likeness (QED) is 0.837. The number of amides is 2. The third-order valence-corrected chi connectivity index (χ3v) is 4.22. The molecule has 1 aromatic carbocycles. The zero-order chi connectivity index (χ0) is 17.1. The molecule has 1 saturated carbocycles. The van der Waals surface area contributed by atoms with E-state index in [1.807, 2.05) is 4.90 Å². The zero-order valence-electron chi connectivity index (χ0n) is 13.1. The van der Waals surface area contributed by atoms with E-state index < -0.39 is 6.09 Å². The Balaban J connectivity index is 1.62. The minimum absolute atomic E-state index is 0.0578. The molecular formula is C17H19FN2O4. The van der Waals surface area contributed by atoms with Crippen molar-refractivity contribution in [1.82, 2.24) is 10.2 Å². The first-order chi connectivity index (χ1) is 11.6. The van der Waals surface area contributed by atoms with Crippen LogP contribution < -0.4 is 10.1 Å². The first-order valence-electron chi connectivity index (χ1n) is 7.90. The van der Waals surface area contributed by atoms with Crippen molar-refractivity contribution in [3.63, 3.8) is 0 Å². The average Bonchev–Trinajstić information content (AvgIpc) is 3.40. The molecule has 1 aromatic rings. The van der Waals surface area contributed by atoms with Crippen molar-refractivity contribution in [3.05, 3.63) is 41.2 Å². The molecule has 1 aliphatic carbocycles. The Morgan fingerprint density at radius 3 is 2.92 bits per heavy atom. The third-order valence-electron chi connectivity index (χ3n) is 4.22. The third kappa shape index (κ3) is 3.67. The van der Waals surface area contributed by atoms with Gasteiger partial charge in [0.1, 0.15) is 12.4 Å². The Hall–Kier alpha value is -2.57. The number of rotatable bonds is 6. The number of nitrogens with one attached hydrogen (secondary N) is 1. The number of nitrogens with zero attached hydrogens (tertiary/aromatic N) is 1. The van der Waals surface area contributed by atoms with E-state index in [-0.39, 0.29) is 24.6 Å². The van der Waals surface area contributed by atoms with Crippen molar-refractivity contribution in [2.75, 3.05) is 19.7 Å². The van der Waals surface area contributed by atoms with E-state index in [0.717, 1.165) is 31.4 Å². The molecule has 1 fully saturated rings. The number of benzene rings is 1. The van der Waals surface area contributed by atoms with Crippen LogP contribution in [-0.2, 0) is 6.42 Å². The second kappa shape index (κ2) is 6.90. The van der Waals surface area contributed by atoms with Crippen LogP contribution in [0.2, 0.25) is 0 Å². The minimum atomic E-state index is -1.22. The van der Waals surface area contributed by atoms with Gasteiger partial charge in [-0.1, -0.05) is 0 Å². The van der Waals surface area contributed by atoms with Crippen LogP contribution >= 0.6 is 0 Å². The van der Waals surface area contributed by atoms with Crippen LogP contribution in [0.15, 0.2) is 30.1 Å². The van der Waals surface area contributed by atoms with Gasteiger partial charge in [0.05, 0.1) is 6.33 Å². The normalized spacial score (nSPS) is 17.5. The molecule has 0 atom stereocenters. The van der Waals surface area contributed by atoms with Crippen LogP contribution in [0, 0.1) is 0 Å². The molecule has 0 bridgehead atoms. The molecule has 0 saturated heterocycles. The minimum Gasteiger partial charge on any atom is -0.489 e. The van der Waals surface area contributed by atoms with E-state index in [0.29, 0.717) is 23.7 Å². The molecule has 0 spiro atoms. The number of hydrogen-bond acceptors (Lipinski definition) is 3. The van der Waals surface area contributed by atoms with E-state index in [2.05, 4.69) is 5.32 Å². The molecule has 0 aromatic heterocycles. The highest BCUT2D eigenvalue weighted by Crippen LogP contribution is 2.32. The van der Waals surface area contributed by atoms with Crippen LogP contribution in [-0.4, -0.2) is 47.7 Å².